The lowest BCUT2D eigenvalue weighted by atomic mass is 10.0. The minimum atomic E-state index is -3.95. The zero-order chi connectivity index (χ0) is 23.8. The van der Waals surface area contributed by atoms with Crippen LogP contribution in [-0.4, -0.2) is 32.3 Å². The maximum absolute atomic E-state index is 13.1. The van der Waals surface area contributed by atoms with E-state index in [-0.39, 0.29) is 22.8 Å². The Labute approximate surface area is 190 Å². The zero-order valence-electron chi connectivity index (χ0n) is 19.4. The summed E-state index contributed by atoms with van der Waals surface area (Å²) in [4.78, 5) is 26.7. The van der Waals surface area contributed by atoms with Gasteiger partial charge in [-0.05, 0) is 68.5 Å². The van der Waals surface area contributed by atoms with Crippen LogP contribution in [0.1, 0.15) is 44.4 Å². The van der Waals surface area contributed by atoms with Gasteiger partial charge in [-0.2, -0.15) is 4.72 Å². The number of benzene rings is 2. The summed E-state index contributed by atoms with van der Waals surface area (Å²) < 4.78 is 28.9. The summed E-state index contributed by atoms with van der Waals surface area (Å²) in [5.74, 6) is -0.751. The highest BCUT2D eigenvalue weighted by Gasteiger charge is 2.32. The number of nitrogens with zero attached hydrogens (tertiary/aromatic N) is 1. The van der Waals surface area contributed by atoms with Gasteiger partial charge in [0.05, 0.1) is 4.90 Å². The van der Waals surface area contributed by atoms with Crippen LogP contribution in [0.5, 0.6) is 0 Å². The molecule has 3 rings (SSSR count). The van der Waals surface area contributed by atoms with Crippen molar-refractivity contribution in [2.75, 3.05) is 10.2 Å². The highest BCUT2D eigenvalue weighted by atomic mass is 32.2. The van der Waals surface area contributed by atoms with Crippen LogP contribution in [0.3, 0.4) is 0 Å². The molecule has 32 heavy (non-hydrogen) atoms. The van der Waals surface area contributed by atoms with Gasteiger partial charge in [-0.25, -0.2) is 8.42 Å². The van der Waals surface area contributed by atoms with E-state index in [4.69, 9.17) is 0 Å². The van der Waals surface area contributed by atoms with Gasteiger partial charge >= 0.3 is 0 Å². The number of fused-ring (bicyclic) bond motifs is 1. The molecule has 8 heteroatoms. The fourth-order valence-corrected chi connectivity index (χ4v) is 5.54. The van der Waals surface area contributed by atoms with Gasteiger partial charge in [0.15, 0.2) is 0 Å². The summed E-state index contributed by atoms with van der Waals surface area (Å²) in [5.41, 5.74) is 4.18. The van der Waals surface area contributed by atoms with Crippen molar-refractivity contribution in [2.24, 2.45) is 5.92 Å². The van der Waals surface area contributed by atoms with E-state index in [1.54, 1.807) is 30.9 Å². The second kappa shape index (κ2) is 9.03. The zero-order valence-corrected chi connectivity index (χ0v) is 20.2. The van der Waals surface area contributed by atoms with Crippen LogP contribution in [0.2, 0.25) is 0 Å². The van der Waals surface area contributed by atoms with E-state index < -0.39 is 22.0 Å². The molecule has 0 aliphatic carbocycles. The molecular weight excluding hydrogens is 426 g/mol. The van der Waals surface area contributed by atoms with Crippen LogP contribution in [0.25, 0.3) is 0 Å². The standard InChI is InChI=1S/C24H31N3O4S/c1-14(2)23(24(29)25-21-9-7-15(3)11-16(21)4)26-32(30,31)20-8-10-22-19(13-20)12-17(5)27(22)18(6)28/h7-11,13-14,17,23,26H,12H2,1-6H3,(H,25,29)/t17-,23-/m1/s1. The van der Waals surface area contributed by atoms with E-state index >= 15 is 0 Å². The lowest BCUT2D eigenvalue weighted by Crippen LogP contribution is -2.47. The number of carbonyl (C=O) groups excluding carboxylic acids is 2. The first-order valence-corrected chi connectivity index (χ1v) is 12.2. The molecule has 0 aromatic heterocycles. The van der Waals surface area contributed by atoms with Crippen molar-refractivity contribution in [3.63, 3.8) is 0 Å². The van der Waals surface area contributed by atoms with E-state index in [0.29, 0.717) is 12.1 Å². The van der Waals surface area contributed by atoms with Gasteiger partial charge in [-0.15, -0.1) is 0 Å². The first kappa shape index (κ1) is 23.9. The second-order valence-corrected chi connectivity index (χ2v) is 10.6. The number of hydrogen-bond acceptors (Lipinski definition) is 4. The summed E-state index contributed by atoms with van der Waals surface area (Å²) in [6, 6.07) is 9.44. The molecule has 1 aliphatic rings. The first-order valence-electron chi connectivity index (χ1n) is 10.7. The predicted octanol–water partition coefficient (Wildman–Crippen LogP) is 3.54. The van der Waals surface area contributed by atoms with Gasteiger partial charge in [0.25, 0.3) is 0 Å². The maximum Gasteiger partial charge on any atom is 0.242 e. The molecule has 1 aliphatic heterocycles. The van der Waals surface area contributed by atoms with E-state index in [1.165, 1.54) is 13.0 Å². The molecule has 2 aromatic rings. The van der Waals surface area contributed by atoms with E-state index in [0.717, 1.165) is 22.4 Å². The minimum absolute atomic E-state index is 0.0275. The third kappa shape index (κ3) is 4.86. The number of hydrogen-bond donors (Lipinski definition) is 2. The van der Waals surface area contributed by atoms with Gasteiger partial charge in [0, 0.05) is 24.3 Å². The van der Waals surface area contributed by atoms with Crippen LogP contribution in [0.4, 0.5) is 11.4 Å². The molecule has 2 atom stereocenters. The molecule has 2 amide bonds. The third-order valence-electron chi connectivity index (χ3n) is 5.79. The average Bonchev–Trinajstić information content (AvgIpc) is 3.03. The van der Waals surface area contributed by atoms with Crippen LogP contribution in [0.15, 0.2) is 41.3 Å². The number of aryl methyl sites for hydroxylation is 2. The Bertz CT molecular complexity index is 1160. The smallest absolute Gasteiger partial charge is 0.242 e. The Kier molecular flexibility index (Phi) is 6.76. The summed E-state index contributed by atoms with van der Waals surface area (Å²) in [6.07, 6.45) is 0.582. The molecule has 0 radical (unpaired) electrons. The van der Waals surface area contributed by atoms with Crippen LogP contribution in [-0.2, 0) is 26.0 Å². The van der Waals surface area contributed by atoms with Crippen molar-refractivity contribution in [2.45, 2.75) is 64.9 Å². The van der Waals surface area contributed by atoms with Gasteiger partial charge in [0.2, 0.25) is 21.8 Å². The fraction of sp³-hybridized carbons (Fsp3) is 0.417. The Balaban J connectivity index is 1.84. The Morgan fingerprint density at radius 2 is 1.78 bits per heavy atom. The summed E-state index contributed by atoms with van der Waals surface area (Å²) in [5, 5.41) is 2.85. The number of sulfonamides is 1. The van der Waals surface area contributed by atoms with Crippen molar-refractivity contribution >= 4 is 33.2 Å². The van der Waals surface area contributed by atoms with E-state index in [1.807, 2.05) is 39.0 Å². The van der Waals surface area contributed by atoms with E-state index in [2.05, 4.69) is 10.0 Å². The van der Waals surface area contributed by atoms with Gasteiger partial charge in [0.1, 0.15) is 6.04 Å². The number of nitrogens with one attached hydrogen (secondary N) is 2. The Hall–Kier alpha value is -2.71. The lowest BCUT2D eigenvalue weighted by molar-refractivity contribution is -0.118. The monoisotopic (exact) mass is 457 g/mol. The molecule has 0 saturated carbocycles. The summed E-state index contributed by atoms with van der Waals surface area (Å²) in [6.45, 7) is 10.9. The summed E-state index contributed by atoms with van der Waals surface area (Å²) >= 11 is 0. The molecule has 1 heterocycles. The Morgan fingerprint density at radius 1 is 1.09 bits per heavy atom. The fourth-order valence-electron chi connectivity index (χ4n) is 4.15. The second-order valence-electron chi connectivity index (χ2n) is 8.88. The quantitative estimate of drug-likeness (QED) is 0.694. The number of carbonyl (C=O) groups is 2. The maximum atomic E-state index is 13.1. The van der Waals surface area contributed by atoms with Crippen LogP contribution < -0.4 is 14.9 Å². The van der Waals surface area contributed by atoms with Gasteiger partial charge in [-0.3, -0.25) is 9.59 Å². The predicted molar refractivity (Wildman–Crippen MR) is 126 cm³/mol. The van der Waals surface area contributed by atoms with Crippen molar-refractivity contribution in [1.29, 1.82) is 0 Å². The number of rotatable bonds is 6. The van der Waals surface area contributed by atoms with Crippen LogP contribution >= 0.6 is 0 Å². The molecule has 0 fully saturated rings. The van der Waals surface area contributed by atoms with Crippen molar-refractivity contribution < 1.29 is 18.0 Å². The molecule has 2 N–H and O–H groups in total. The molecule has 2 aromatic carbocycles. The molecule has 172 valence electrons. The Morgan fingerprint density at radius 3 is 2.38 bits per heavy atom. The molecule has 0 bridgehead atoms. The topological polar surface area (TPSA) is 95.6 Å². The number of anilines is 2. The van der Waals surface area contributed by atoms with Crippen molar-refractivity contribution in [1.82, 2.24) is 4.72 Å². The minimum Gasteiger partial charge on any atom is -0.324 e. The molecule has 0 unspecified atom stereocenters. The highest BCUT2D eigenvalue weighted by Crippen LogP contribution is 2.34. The van der Waals surface area contributed by atoms with E-state index in [9.17, 15) is 18.0 Å². The average molecular weight is 458 g/mol. The SMILES string of the molecule is CC(=O)N1c2ccc(S(=O)(=O)N[C@@H](C(=O)Nc3ccc(C)cc3C)C(C)C)cc2C[C@H]1C. The van der Waals surface area contributed by atoms with Gasteiger partial charge in [-0.1, -0.05) is 31.5 Å². The normalized spacial score (nSPS) is 16.7. The molecular formula is C24H31N3O4S. The number of amides is 2. The molecule has 0 saturated heterocycles. The van der Waals surface area contributed by atoms with Gasteiger partial charge < -0.3 is 10.2 Å². The molecule has 0 spiro atoms. The lowest BCUT2D eigenvalue weighted by Gasteiger charge is -2.23. The summed E-state index contributed by atoms with van der Waals surface area (Å²) in [7, 11) is -3.95. The molecule has 7 nitrogen and oxygen atoms in total. The highest BCUT2D eigenvalue weighted by molar-refractivity contribution is 7.89. The first-order chi connectivity index (χ1) is 14.9. The van der Waals surface area contributed by atoms with Crippen molar-refractivity contribution in [3.8, 4) is 0 Å². The largest absolute Gasteiger partial charge is 0.324 e. The van der Waals surface area contributed by atoms with Crippen molar-refractivity contribution in [3.05, 3.63) is 53.1 Å². The van der Waals surface area contributed by atoms with Crippen LogP contribution in [0, 0.1) is 19.8 Å². The third-order valence-corrected chi connectivity index (χ3v) is 7.23.